The van der Waals surface area contributed by atoms with E-state index in [9.17, 15) is 8.42 Å². The molecule has 1 heterocycles. The van der Waals surface area contributed by atoms with Crippen molar-refractivity contribution >= 4 is 10.0 Å². The monoisotopic (exact) mass is 308 g/mol. The van der Waals surface area contributed by atoms with Gasteiger partial charge in [-0.15, -0.1) is 0 Å². The highest BCUT2D eigenvalue weighted by Crippen LogP contribution is 2.14. The van der Waals surface area contributed by atoms with Crippen LogP contribution in [-0.2, 0) is 10.0 Å². The van der Waals surface area contributed by atoms with E-state index >= 15 is 0 Å². The fraction of sp³-hybridized carbons (Fsp3) is 0.467. The topological polar surface area (TPSA) is 69.6 Å². The lowest BCUT2D eigenvalue weighted by Gasteiger charge is -2.13. The second kappa shape index (κ2) is 7.05. The van der Waals surface area contributed by atoms with Crippen LogP contribution in [0.4, 0.5) is 0 Å². The maximum atomic E-state index is 12.4. The first-order valence-electron chi connectivity index (χ1n) is 6.92. The molecule has 0 radical (unpaired) electrons. The molecule has 2 rings (SSSR count). The molecule has 1 saturated heterocycles. The van der Waals surface area contributed by atoms with Crippen LogP contribution in [0.25, 0.3) is 0 Å². The summed E-state index contributed by atoms with van der Waals surface area (Å²) in [6.07, 6.45) is 1.20. The highest BCUT2D eigenvalue weighted by molar-refractivity contribution is 7.89. The largest absolute Gasteiger partial charge is 0.395 e. The lowest BCUT2D eigenvalue weighted by molar-refractivity contribution is 0.305. The van der Waals surface area contributed by atoms with E-state index in [0.29, 0.717) is 12.0 Å². The molecule has 1 unspecified atom stereocenters. The van der Waals surface area contributed by atoms with Crippen LogP contribution in [-0.4, -0.2) is 51.2 Å². The van der Waals surface area contributed by atoms with Gasteiger partial charge >= 0.3 is 0 Å². The molecule has 1 aliphatic rings. The summed E-state index contributed by atoms with van der Waals surface area (Å²) in [5, 5.41) is 8.70. The van der Waals surface area contributed by atoms with Crippen molar-refractivity contribution in [1.82, 2.24) is 9.62 Å². The zero-order valence-electron chi connectivity index (χ0n) is 12.0. The highest BCUT2D eigenvalue weighted by Gasteiger charge is 2.25. The minimum absolute atomic E-state index is 0.00173. The molecule has 6 heteroatoms. The SMILES string of the molecule is CN1CCC(NS(=O)(=O)c2cccc(C#CCCO)c2)C1. The first kappa shape index (κ1) is 16.0. The molecule has 0 bridgehead atoms. The maximum Gasteiger partial charge on any atom is 0.240 e. The van der Waals surface area contributed by atoms with Crippen LogP contribution in [0.1, 0.15) is 18.4 Å². The number of likely N-dealkylation sites (N-methyl/N-ethyl adjacent to an activating group) is 1. The Bertz CT molecular complexity index is 646. The quantitative estimate of drug-likeness (QED) is 0.790. The summed E-state index contributed by atoms with van der Waals surface area (Å²) in [5.41, 5.74) is 0.634. The van der Waals surface area contributed by atoms with E-state index in [0.717, 1.165) is 19.5 Å². The number of likely N-dealkylation sites (tertiary alicyclic amines) is 1. The Kier molecular flexibility index (Phi) is 5.37. The Morgan fingerprint density at radius 3 is 2.95 bits per heavy atom. The predicted octanol–water partition coefficient (Wildman–Crippen LogP) is 0.403. The van der Waals surface area contributed by atoms with E-state index in [1.807, 2.05) is 7.05 Å². The Morgan fingerprint density at radius 1 is 1.48 bits per heavy atom. The Labute approximate surface area is 126 Å². The third-order valence-electron chi connectivity index (χ3n) is 3.33. The minimum Gasteiger partial charge on any atom is -0.395 e. The zero-order valence-corrected chi connectivity index (χ0v) is 12.9. The predicted molar refractivity (Wildman–Crippen MR) is 81.2 cm³/mol. The normalized spacial score (nSPS) is 19.2. The van der Waals surface area contributed by atoms with E-state index in [-0.39, 0.29) is 17.5 Å². The van der Waals surface area contributed by atoms with Gasteiger partial charge in [-0.1, -0.05) is 17.9 Å². The molecule has 114 valence electrons. The van der Waals surface area contributed by atoms with Crippen molar-refractivity contribution in [1.29, 1.82) is 0 Å². The van der Waals surface area contributed by atoms with E-state index in [1.54, 1.807) is 24.3 Å². The second-order valence-electron chi connectivity index (χ2n) is 5.17. The van der Waals surface area contributed by atoms with Gasteiger partial charge in [0.05, 0.1) is 11.5 Å². The first-order valence-corrected chi connectivity index (χ1v) is 8.40. The molecule has 0 aliphatic carbocycles. The van der Waals surface area contributed by atoms with Crippen LogP contribution in [0.3, 0.4) is 0 Å². The summed E-state index contributed by atoms with van der Waals surface area (Å²) in [4.78, 5) is 2.33. The van der Waals surface area contributed by atoms with Crippen LogP contribution >= 0.6 is 0 Å². The number of nitrogens with zero attached hydrogens (tertiary/aromatic N) is 1. The maximum absolute atomic E-state index is 12.4. The summed E-state index contributed by atoms with van der Waals surface area (Å²) >= 11 is 0. The van der Waals surface area contributed by atoms with Gasteiger partial charge in [-0.05, 0) is 38.2 Å². The molecule has 2 N–H and O–H groups in total. The van der Waals surface area contributed by atoms with Crippen LogP contribution in [0.15, 0.2) is 29.2 Å². The van der Waals surface area contributed by atoms with Crippen molar-refractivity contribution in [2.24, 2.45) is 0 Å². The fourth-order valence-electron chi connectivity index (χ4n) is 2.28. The van der Waals surface area contributed by atoms with E-state index in [2.05, 4.69) is 21.5 Å². The van der Waals surface area contributed by atoms with Crippen molar-refractivity contribution in [3.8, 4) is 11.8 Å². The average molecular weight is 308 g/mol. The van der Waals surface area contributed by atoms with E-state index < -0.39 is 10.0 Å². The molecule has 0 saturated carbocycles. The van der Waals surface area contributed by atoms with Crippen LogP contribution in [0, 0.1) is 11.8 Å². The van der Waals surface area contributed by atoms with Crippen molar-refractivity contribution in [2.75, 3.05) is 26.7 Å². The molecule has 1 atom stereocenters. The third kappa shape index (κ3) is 4.55. The van der Waals surface area contributed by atoms with Gasteiger partial charge in [0.2, 0.25) is 10.0 Å². The van der Waals surface area contributed by atoms with Gasteiger partial charge in [0.25, 0.3) is 0 Å². The van der Waals surface area contributed by atoms with Crippen molar-refractivity contribution in [3.05, 3.63) is 29.8 Å². The first-order chi connectivity index (χ1) is 10.0. The molecule has 0 aromatic heterocycles. The minimum atomic E-state index is -3.51. The summed E-state index contributed by atoms with van der Waals surface area (Å²) in [6.45, 7) is 1.64. The van der Waals surface area contributed by atoms with E-state index in [1.165, 1.54) is 0 Å². The molecule has 5 nitrogen and oxygen atoms in total. The van der Waals surface area contributed by atoms with Gasteiger partial charge in [0.1, 0.15) is 0 Å². The molecular formula is C15H20N2O3S. The molecule has 0 amide bonds. The number of aliphatic hydroxyl groups excluding tert-OH is 1. The van der Waals surface area contributed by atoms with Gasteiger partial charge < -0.3 is 10.0 Å². The lowest BCUT2D eigenvalue weighted by atomic mass is 10.2. The van der Waals surface area contributed by atoms with Gasteiger partial charge in [-0.2, -0.15) is 0 Å². The van der Waals surface area contributed by atoms with Crippen molar-refractivity contribution in [2.45, 2.75) is 23.8 Å². The molecule has 21 heavy (non-hydrogen) atoms. The number of rotatable bonds is 4. The molecule has 1 aliphatic heterocycles. The molecule has 1 aromatic rings. The standard InChI is InChI=1S/C15H20N2O3S/c1-17-9-8-14(12-17)16-21(19,20)15-7-4-6-13(11-15)5-2-3-10-18/h4,6-7,11,14,16,18H,3,8-10,12H2,1H3. The van der Waals surface area contributed by atoms with E-state index in [4.69, 9.17) is 5.11 Å². The molecular weight excluding hydrogens is 288 g/mol. The van der Waals surface area contributed by atoms with Crippen molar-refractivity contribution in [3.63, 3.8) is 0 Å². The number of aliphatic hydroxyl groups is 1. The summed E-state index contributed by atoms with van der Waals surface area (Å²) in [6, 6.07) is 6.53. The van der Waals surface area contributed by atoms with Gasteiger partial charge in [-0.25, -0.2) is 13.1 Å². The number of nitrogens with one attached hydrogen (secondary N) is 1. The zero-order chi connectivity index (χ0) is 15.3. The second-order valence-corrected chi connectivity index (χ2v) is 6.89. The van der Waals surface area contributed by atoms with Crippen LogP contribution in [0.2, 0.25) is 0 Å². The van der Waals surface area contributed by atoms with Crippen molar-refractivity contribution < 1.29 is 13.5 Å². The Morgan fingerprint density at radius 2 is 2.29 bits per heavy atom. The Balaban J connectivity index is 2.13. The lowest BCUT2D eigenvalue weighted by Crippen LogP contribution is -2.36. The fourth-order valence-corrected chi connectivity index (χ4v) is 3.59. The average Bonchev–Trinajstić information content (AvgIpc) is 2.84. The molecule has 0 spiro atoms. The number of sulfonamides is 1. The highest BCUT2D eigenvalue weighted by atomic mass is 32.2. The Hall–Kier alpha value is -1.39. The van der Waals surface area contributed by atoms with Gasteiger partial charge in [0, 0.05) is 24.6 Å². The summed E-state index contributed by atoms with van der Waals surface area (Å²) < 4.78 is 27.5. The number of benzene rings is 1. The third-order valence-corrected chi connectivity index (χ3v) is 4.85. The van der Waals surface area contributed by atoms with Crippen LogP contribution in [0.5, 0.6) is 0 Å². The summed E-state index contributed by atoms with van der Waals surface area (Å²) in [7, 11) is -1.54. The van der Waals surface area contributed by atoms with Crippen LogP contribution < -0.4 is 4.72 Å². The van der Waals surface area contributed by atoms with Gasteiger partial charge in [-0.3, -0.25) is 0 Å². The number of hydrogen-bond acceptors (Lipinski definition) is 4. The number of hydrogen-bond donors (Lipinski definition) is 2. The van der Waals surface area contributed by atoms with Gasteiger partial charge in [0.15, 0.2) is 0 Å². The molecule has 1 aromatic carbocycles. The smallest absolute Gasteiger partial charge is 0.240 e. The molecule has 1 fully saturated rings. The summed E-state index contributed by atoms with van der Waals surface area (Å²) in [5.74, 6) is 5.64.